The summed E-state index contributed by atoms with van der Waals surface area (Å²) in [5, 5.41) is -0.0748. The molecule has 0 atom stereocenters. The largest absolute Gasteiger partial charge is 0.349 e. The van der Waals surface area contributed by atoms with Crippen LogP contribution < -0.4 is 5.69 Å². The SMILES string of the molecule is O=c1nc(-c2cccc(F)c2)nc(Cl)[nH]1. The molecule has 0 spiro atoms. The number of aromatic amines is 1. The quantitative estimate of drug-likeness (QED) is 0.802. The first-order valence-corrected chi connectivity index (χ1v) is 4.43. The van der Waals surface area contributed by atoms with Crippen molar-refractivity contribution >= 4 is 11.6 Å². The molecule has 1 N–H and O–H groups in total. The van der Waals surface area contributed by atoms with Gasteiger partial charge in [-0.2, -0.15) is 9.97 Å². The average molecular weight is 226 g/mol. The van der Waals surface area contributed by atoms with Crippen LogP contribution in [0.4, 0.5) is 4.39 Å². The van der Waals surface area contributed by atoms with E-state index >= 15 is 0 Å². The zero-order valence-electron chi connectivity index (χ0n) is 7.37. The molecule has 0 aliphatic carbocycles. The highest BCUT2D eigenvalue weighted by Crippen LogP contribution is 2.14. The van der Waals surface area contributed by atoms with Crippen LogP contribution in [0.3, 0.4) is 0 Å². The molecule has 1 aromatic heterocycles. The second kappa shape index (κ2) is 3.78. The van der Waals surface area contributed by atoms with E-state index in [1.54, 1.807) is 6.07 Å². The van der Waals surface area contributed by atoms with Crippen molar-refractivity contribution in [3.05, 3.63) is 45.9 Å². The molecule has 0 saturated heterocycles. The molecular weight excluding hydrogens is 221 g/mol. The first-order valence-electron chi connectivity index (χ1n) is 4.05. The van der Waals surface area contributed by atoms with Gasteiger partial charge in [0.2, 0.25) is 5.28 Å². The molecule has 4 nitrogen and oxygen atoms in total. The van der Waals surface area contributed by atoms with Crippen molar-refractivity contribution in [1.29, 1.82) is 0 Å². The highest BCUT2D eigenvalue weighted by atomic mass is 35.5. The lowest BCUT2D eigenvalue weighted by Gasteiger charge is -1.98. The summed E-state index contributed by atoms with van der Waals surface area (Å²) in [6.45, 7) is 0. The molecule has 0 unspecified atom stereocenters. The third-order valence-corrected chi connectivity index (χ3v) is 1.88. The Kier molecular flexibility index (Phi) is 2.47. The first-order chi connectivity index (χ1) is 7.15. The number of benzene rings is 1. The van der Waals surface area contributed by atoms with Crippen molar-refractivity contribution in [3.8, 4) is 11.4 Å². The molecule has 2 rings (SSSR count). The van der Waals surface area contributed by atoms with E-state index in [4.69, 9.17) is 11.6 Å². The van der Waals surface area contributed by atoms with Crippen LogP contribution >= 0.6 is 11.6 Å². The van der Waals surface area contributed by atoms with E-state index < -0.39 is 11.5 Å². The number of aromatic nitrogens is 3. The van der Waals surface area contributed by atoms with Gasteiger partial charge >= 0.3 is 5.69 Å². The fourth-order valence-corrected chi connectivity index (χ4v) is 1.28. The van der Waals surface area contributed by atoms with E-state index in [1.807, 2.05) is 0 Å². The summed E-state index contributed by atoms with van der Waals surface area (Å²) in [7, 11) is 0. The maximum Gasteiger partial charge on any atom is 0.349 e. The van der Waals surface area contributed by atoms with E-state index in [0.717, 1.165) is 0 Å². The van der Waals surface area contributed by atoms with Crippen LogP contribution in [-0.4, -0.2) is 15.0 Å². The molecule has 0 saturated carbocycles. The normalized spacial score (nSPS) is 10.3. The predicted octanol–water partition coefficient (Wildman–Crippen LogP) is 1.62. The van der Waals surface area contributed by atoms with Gasteiger partial charge in [0.1, 0.15) is 5.82 Å². The lowest BCUT2D eigenvalue weighted by molar-refractivity contribution is 0.628. The molecular formula is C9H5ClFN3O. The Balaban J connectivity index is 2.59. The number of nitrogens with zero attached hydrogens (tertiary/aromatic N) is 2. The number of rotatable bonds is 1. The number of hydrogen-bond acceptors (Lipinski definition) is 3. The zero-order valence-corrected chi connectivity index (χ0v) is 8.12. The molecule has 0 fully saturated rings. The summed E-state index contributed by atoms with van der Waals surface area (Å²) in [5.74, 6) is -0.323. The van der Waals surface area contributed by atoms with Crippen molar-refractivity contribution in [2.45, 2.75) is 0 Å². The lowest BCUT2D eigenvalue weighted by Crippen LogP contribution is -2.12. The number of H-pyrrole nitrogens is 1. The highest BCUT2D eigenvalue weighted by Gasteiger charge is 2.04. The molecule has 15 heavy (non-hydrogen) atoms. The molecule has 6 heteroatoms. The van der Waals surface area contributed by atoms with E-state index in [9.17, 15) is 9.18 Å². The van der Waals surface area contributed by atoms with Crippen molar-refractivity contribution in [1.82, 2.24) is 15.0 Å². The summed E-state index contributed by atoms with van der Waals surface area (Å²) in [6.07, 6.45) is 0. The van der Waals surface area contributed by atoms with Gasteiger partial charge in [-0.1, -0.05) is 12.1 Å². The fourth-order valence-electron chi connectivity index (χ4n) is 1.11. The standard InChI is InChI=1S/C9H5ClFN3O/c10-8-12-7(13-9(15)14-8)5-2-1-3-6(11)4-5/h1-4H,(H,12,13,14,15). The van der Waals surface area contributed by atoms with Crippen LogP contribution in [0.5, 0.6) is 0 Å². The van der Waals surface area contributed by atoms with E-state index in [0.29, 0.717) is 5.56 Å². The van der Waals surface area contributed by atoms with Gasteiger partial charge in [-0.25, -0.2) is 9.18 Å². The van der Waals surface area contributed by atoms with Gasteiger partial charge in [0.05, 0.1) is 0 Å². The summed E-state index contributed by atoms with van der Waals surface area (Å²) in [5.41, 5.74) is -0.211. The lowest BCUT2D eigenvalue weighted by atomic mass is 10.2. The van der Waals surface area contributed by atoms with Crippen LogP contribution in [0.15, 0.2) is 29.1 Å². The van der Waals surface area contributed by atoms with Crippen molar-refractivity contribution in [2.75, 3.05) is 0 Å². The Bertz CT molecular complexity index is 555. The van der Waals surface area contributed by atoms with Gasteiger partial charge in [-0.05, 0) is 23.7 Å². The van der Waals surface area contributed by atoms with Gasteiger partial charge in [-0.15, -0.1) is 0 Å². The van der Waals surface area contributed by atoms with Crippen LogP contribution in [-0.2, 0) is 0 Å². The van der Waals surface area contributed by atoms with Crippen molar-refractivity contribution in [2.24, 2.45) is 0 Å². The maximum absolute atomic E-state index is 12.9. The molecule has 0 bridgehead atoms. The summed E-state index contributed by atoms with van der Waals surface area (Å²) in [6, 6.07) is 5.61. The minimum absolute atomic E-state index is 0.0748. The second-order valence-corrected chi connectivity index (χ2v) is 3.14. The first kappa shape index (κ1) is 9.79. The molecule has 2 aromatic rings. The molecule has 0 aliphatic rings. The Morgan fingerprint density at radius 3 is 2.80 bits per heavy atom. The van der Waals surface area contributed by atoms with Crippen LogP contribution in [0, 0.1) is 5.82 Å². The summed E-state index contributed by atoms with van der Waals surface area (Å²) in [4.78, 5) is 20.5. The smallest absolute Gasteiger partial charge is 0.280 e. The minimum Gasteiger partial charge on any atom is -0.280 e. The molecule has 1 aromatic carbocycles. The second-order valence-electron chi connectivity index (χ2n) is 2.78. The average Bonchev–Trinajstić information content (AvgIpc) is 2.16. The highest BCUT2D eigenvalue weighted by molar-refractivity contribution is 6.28. The number of hydrogen-bond donors (Lipinski definition) is 1. The summed E-state index contributed by atoms with van der Waals surface area (Å²) < 4.78 is 12.9. The Labute approximate surface area is 88.8 Å². The van der Waals surface area contributed by atoms with E-state index in [2.05, 4.69) is 15.0 Å². The molecule has 0 amide bonds. The fraction of sp³-hybridized carbons (Fsp3) is 0. The molecule has 76 valence electrons. The van der Waals surface area contributed by atoms with E-state index in [-0.39, 0.29) is 11.1 Å². The molecule has 1 heterocycles. The minimum atomic E-state index is -0.616. The number of halogens is 2. The molecule has 0 aliphatic heterocycles. The topological polar surface area (TPSA) is 58.6 Å². The molecule has 0 radical (unpaired) electrons. The van der Waals surface area contributed by atoms with Crippen LogP contribution in [0.25, 0.3) is 11.4 Å². The van der Waals surface area contributed by atoms with Gasteiger partial charge in [0.25, 0.3) is 0 Å². The van der Waals surface area contributed by atoms with E-state index in [1.165, 1.54) is 18.2 Å². The van der Waals surface area contributed by atoms with Gasteiger partial charge in [0.15, 0.2) is 5.82 Å². The third kappa shape index (κ3) is 2.19. The van der Waals surface area contributed by atoms with Crippen molar-refractivity contribution < 1.29 is 4.39 Å². The van der Waals surface area contributed by atoms with Crippen LogP contribution in [0.2, 0.25) is 5.28 Å². The van der Waals surface area contributed by atoms with Gasteiger partial charge in [0, 0.05) is 5.56 Å². The Morgan fingerprint density at radius 2 is 2.13 bits per heavy atom. The number of nitrogens with one attached hydrogen (secondary N) is 1. The monoisotopic (exact) mass is 225 g/mol. The van der Waals surface area contributed by atoms with Gasteiger partial charge < -0.3 is 0 Å². The zero-order chi connectivity index (χ0) is 10.8. The summed E-state index contributed by atoms with van der Waals surface area (Å²) >= 11 is 5.54. The third-order valence-electron chi connectivity index (χ3n) is 1.70. The maximum atomic E-state index is 12.9. The van der Waals surface area contributed by atoms with Crippen LogP contribution in [0.1, 0.15) is 0 Å². The predicted molar refractivity (Wildman–Crippen MR) is 53.1 cm³/mol. The van der Waals surface area contributed by atoms with Gasteiger partial charge in [-0.3, -0.25) is 4.98 Å². The van der Waals surface area contributed by atoms with Crippen molar-refractivity contribution in [3.63, 3.8) is 0 Å². The Hall–Kier alpha value is -1.75. The Morgan fingerprint density at radius 1 is 1.33 bits per heavy atom.